The summed E-state index contributed by atoms with van der Waals surface area (Å²) in [7, 11) is 0. The summed E-state index contributed by atoms with van der Waals surface area (Å²) in [4.78, 5) is 15.3. The smallest absolute Gasteiger partial charge is 0.255 e. The van der Waals surface area contributed by atoms with E-state index in [9.17, 15) is 4.79 Å². The molecule has 0 spiro atoms. The highest BCUT2D eigenvalue weighted by Crippen LogP contribution is 2.22. The Balaban J connectivity index is 2.94. The molecule has 0 aliphatic heterocycles. The van der Waals surface area contributed by atoms with Crippen LogP contribution in [0.1, 0.15) is 30.6 Å². The zero-order chi connectivity index (χ0) is 15.1. The Morgan fingerprint density at radius 1 is 1.45 bits per heavy atom. The van der Waals surface area contributed by atoms with Crippen LogP contribution in [0.3, 0.4) is 0 Å². The minimum Gasteiger partial charge on any atom is -0.409 e. The van der Waals surface area contributed by atoms with Crippen molar-refractivity contribution in [1.29, 1.82) is 0 Å². The highest BCUT2D eigenvalue weighted by molar-refractivity contribution is 7.98. The molecule has 0 atom stereocenters. The minimum atomic E-state index is -0.0318. The van der Waals surface area contributed by atoms with Crippen LogP contribution in [-0.4, -0.2) is 40.7 Å². The van der Waals surface area contributed by atoms with Crippen molar-refractivity contribution in [3.05, 3.63) is 29.8 Å². The van der Waals surface area contributed by atoms with Gasteiger partial charge in [-0.1, -0.05) is 17.3 Å². The molecule has 0 bridgehead atoms. The van der Waals surface area contributed by atoms with Crippen LogP contribution in [-0.2, 0) is 0 Å². The highest BCUT2D eigenvalue weighted by Gasteiger charge is 2.21. The second-order valence-corrected chi connectivity index (χ2v) is 5.48. The third kappa shape index (κ3) is 4.16. The Labute approximate surface area is 123 Å². The number of nitrogens with zero attached hydrogens (tertiary/aromatic N) is 2. The lowest BCUT2D eigenvalue weighted by atomic mass is 10.1. The lowest BCUT2D eigenvalue weighted by Crippen LogP contribution is -2.39. The summed E-state index contributed by atoms with van der Waals surface area (Å²) < 4.78 is 0. The number of benzene rings is 1. The van der Waals surface area contributed by atoms with E-state index < -0.39 is 0 Å². The second-order valence-electron chi connectivity index (χ2n) is 4.63. The van der Waals surface area contributed by atoms with Crippen LogP contribution in [0.4, 0.5) is 0 Å². The fourth-order valence-electron chi connectivity index (χ4n) is 1.86. The Bertz CT molecular complexity index is 489. The zero-order valence-electron chi connectivity index (χ0n) is 12.0. The largest absolute Gasteiger partial charge is 0.409 e. The Hall–Kier alpha value is -1.69. The van der Waals surface area contributed by atoms with Crippen LogP contribution in [0.15, 0.2) is 34.3 Å². The SMILES string of the molecule is CSc1ccccc1C(=O)N(CCC(N)=NO)C(C)C. The molecule has 3 N–H and O–H groups in total. The molecule has 1 rings (SSSR count). The monoisotopic (exact) mass is 295 g/mol. The first-order valence-electron chi connectivity index (χ1n) is 6.41. The zero-order valence-corrected chi connectivity index (χ0v) is 12.9. The van der Waals surface area contributed by atoms with Crippen LogP contribution < -0.4 is 5.73 Å². The second kappa shape index (κ2) is 7.79. The van der Waals surface area contributed by atoms with Crippen molar-refractivity contribution in [2.24, 2.45) is 10.9 Å². The number of hydrogen-bond donors (Lipinski definition) is 2. The maximum atomic E-state index is 12.6. The topological polar surface area (TPSA) is 78.9 Å². The molecule has 0 saturated carbocycles. The quantitative estimate of drug-likeness (QED) is 0.278. The van der Waals surface area contributed by atoms with Gasteiger partial charge in [-0.05, 0) is 32.2 Å². The standard InChI is InChI=1S/C14H21N3O2S/c1-10(2)17(9-8-13(15)16-19)14(18)11-6-4-5-7-12(11)20-3/h4-7,10,19H,8-9H2,1-3H3,(H2,15,16). The number of amides is 1. The lowest BCUT2D eigenvalue weighted by molar-refractivity contribution is 0.0707. The van der Waals surface area contributed by atoms with Gasteiger partial charge in [0, 0.05) is 23.9 Å². The van der Waals surface area contributed by atoms with E-state index in [2.05, 4.69) is 5.16 Å². The number of nitrogens with two attached hydrogens (primary N) is 1. The summed E-state index contributed by atoms with van der Waals surface area (Å²) in [5.74, 6) is 0.0947. The maximum Gasteiger partial charge on any atom is 0.255 e. The summed E-state index contributed by atoms with van der Waals surface area (Å²) in [6.45, 7) is 4.33. The molecule has 0 fully saturated rings. The van der Waals surface area contributed by atoms with Crippen molar-refractivity contribution in [3.63, 3.8) is 0 Å². The van der Waals surface area contributed by atoms with Gasteiger partial charge in [0.15, 0.2) is 0 Å². The van der Waals surface area contributed by atoms with Crippen LogP contribution >= 0.6 is 11.8 Å². The van der Waals surface area contributed by atoms with Crippen molar-refractivity contribution in [2.75, 3.05) is 12.8 Å². The summed E-state index contributed by atoms with van der Waals surface area (Å²) in [5, 5.41) is 11.5. The summed E-state index contributed by atoms with van der Waals surface area (Å²) in [6, 6.07) is 7.57. The van der Waals surface area contributed by atoms with Crippen molar-refractivity contribution >= 4 is 23.5 Å². The van der Waals surface area contributed by atoms with Gasteiger partial charge in [-0.15, -0.1) is 11.8 Å². The van der Waals surface area contributed by atoms with Crippen molar-refractivity contribution in [1.82, 2.24) is 4.90 Å². The first-order valence-corrected chi connectivity index (χ1v) is 7.64. The molecule has 0 aliphatic carbocycles. The summed E-state index contributed by atoms with van der Waals surface area (Å²) in [5.41, 5.74) is 6.16. The van der Waals surface area contributed by atoms with E-state index in [-0.39, 0.29) is 17.8 Å². The number of hydrogen-bond acceptors (Lipinski definition) is 4. The van der Waals surface area contributed by atoms with Crippen LogP contribution in [0.2, 0.25) is 0 Å². The average Bonchev–Trinajstić information content (AvgIpc) is 2.46. The Morgan fingerprint density at radius 3 is 2.65 bits per heavy atom. The molecule has 20 heavy (non-hydrogen) atoms. The molecule has 110 valence electrons. The van der Waals surface area contributed by atoms with Gasteiger partial charge in [0.05, 0.1) is 5.56 Å². The molecule has 0 aliphatic rings. The number of oxime groups is 1. The summed E-state index contributed by atoms with van der Waals surface area (Å²) in [6.07, 6.45) is 2.30. The van der Waals surface area contributed by atoms with Crippen LogP contribution in [0.5, 0.6) is 0 Å². The van der Waals surface area contributed by atoms with E-state index in [1.54, 1.807) is 16.7 Å². The fourth-order valence-corrected chi connectivity index (χ4v) is 2.45. The maximum absolute atomic E-state index is 12.6. The summed E-state index contributed by atoms with van der Waals surface area (Å²) >= 11 is 1.55. The molecule has 0 aromatic heterocycles. The van der Waals surface area contributed by atoms with Gasteiger partial charge in [-0.2, -0.15) is 0 Å². The third-order valence-corrected chi connectivity index (χ3v) is 3.75. The minimum absolute atomic E-state index is 0.0318. The predicted octanol–water partition coefficient (Wildman–Crippen LogP) is 2.40. The molecule has 0 saturated heterocycles. The van der Waals surface area contributed by atoms with Gasteiger partial charge < -0.3 is 15.8 Å². The van der Waals surface area contributed by atoms with Gasteiger partial charge in [0.1, 0.15) is 5.84 Å². The predicted molar refractivity (Wildman–Crippen MR) is 82.4 cm³/mol. The van der Waals surface area contributed by atoms with E-state index in [0.29, 0.717) is 18.5 Å². The molecule has 0 unspecified atom stereocenters. The van der Waals surface area contributed by atoms with Crippen LogP contribution in [0.25, 0.3) is 0 Å². The van der Waals surface area contributed by atoms with Gasteiger partial charge >= 0.3 is 0 Å². The van der Waals surface area contributed by atoms with Gasteiger partial charge in [0.2, 0.25) is 0 Å². The number of amidine groups is 1. The van der Waals surface area contributed by atoms with Crippen molar-refractivity contribution in [2.45, 2.75) is 31.2 Å². The molecular weight excluding hydrogens is 274 g/mol. The van der Waals surface area contributed by atoms with Crippen molar-refractivity contribution in [3.8, 4) is 0 Å². The van der Waals surface area contributed by atoms with Gasteiger partial charge in [-0.3, -0.25) is 4.79 Å². The third-order valence-electron chi connectivity index (χ3n) is 2.96. The Morgan fingerprint density at radius 2 is 2.10 bits per heavy atom. The van der Waals surface area contributed by atoms with E-state index in [4.69, 9.17) is 10.9 Å². The molecule has 1 amide bonds. The molecule has 6 heteroatoms. The van der Waals surface area contributed by atoms with Gasteiger partial charge in [0.25, 0.3) is 5.91 Å². The molecular formula is C14H21N3O2S. The molecule has 1 aromatic carbocycles. The van der Waals surface area contributed by atoms with E-state index >= 15 is 0 Å². The number of rotatable bonds is 6. The number of thioether (sulfide) groups is 1. The van der Waals surface area contributed by atoms with E-state index in [0.717, 1.165) is 4.90 Å². The van der Waals surface area contributed by atoms with E-state index in [1.807, 2.05) is 44.4 Å². The number of carbonyl (C=O) groups is 1. The normalized spacial score (nSPS) is 11.7. The first kappa shape index (κ1) is 16.4. The number of carbonyl (C=O) groups excluding carboxylic acids is 1. The van der Waals surface area contributed by atoms with E-state index in [1.165, 1.54) is 0 Å². The average molecular weight is 295 g/mol. The Kier molecular flexibility index (Phi) is 6.38. The first-order chi connectivity index (χ1) is 9.51. The lowest BCUT2D eigenvalue weighted by Gasteiger charge is -2.27. The molecule has 5 nitrogen and oxygen atoms in total. The van der Waals surface area contributed by atoms with Crippen molar-refractivity contribution < 1.29 is 10.0 Å². The van der Waals surface area contributed by atoms with Crippen LogP contribution in [0, 0.1) is 0 Å². The fraction of sp³-hybridized carbons (Fsp3) is 0.429. The molecule has 0 heterocycles. The van der Waals surface area contributed by atoms with Gasteiger partial charge in [-0.25, -0.2) is 0 Å². The molecule has 1 aromatic rings. The molecule has 0 radical (unpaired) electrons. The highest BCUT2D eigenvalue weighted by atomic mass is 32.2.